The van der Waals surface area contributed by atoms with Crippen LogP contribution in [-0.4, -0.2) is 0 Å². The number of benzene rings is 1. The van der Waals surface area contributed by atoms with Gasteiger partial charge in [0.05, 0.1) is 5.02 Å². The van der Waals surface area contributed by atoms with Crippen molar-refractivity contribution in [1.29, 1.82) is 0 Å². The van der Waals surface area contributed by atoms with Crippen molar-refractivity contribution in [1.82, 2.24) is 0 Å². The second kappa shape index (κ2) is 3.28. The summed E-state index contributed by atoms with van der Waals surface area (Å²) in [5.74, 6) is -0.192. The highest BCUT2D eigenvalue weighted by Crippen LogP contribution is 2.33. The molecule has 0 saturated carbocycles. The number of thiophene rings is 1. The molecular weight excluding hydrogens is 207 g/mol. The maximum Gasteiger partial charge on any atom is 0.129 e. The van der Waals surface area contributed by atoms with E-state index < -0.39 is 0 Å². The second-order valence-corrected chi connectivity index (χ2v) is 4.16. The van der Waals surface area contributed by atoms with E-state index in [1.54, 1.807) is 11.3 Å². The van der Waals surface area contributed by atoms with Crippen LogP contribution >= 0.6 is 22.9 Å². The number of aryl methyl sites for hydroxylation is 1. The first-order chi connectivity index (χ1) is 6.24. The molecule has 0 radical (unpaired) electrons. The molecule has 0 fully saturated rings. The van der Waals surface area contributed by atoms with Crippen molar-refractivity contribution in [2.24, 2.45) is 0 Å². The summed E-state index contributed by atoms with van der Waals surface area (Å²) in [6.45, 7) is 1.95. The molecule has 2 aromatic rings. The third-order valence-corrected chi connectivity index (χ3v) is 3.38. The van der Waals surface area contributed by atoms with Crippen LogP contribution in [0.2, 0.25) is 5.02 Å². The molecule has 3 heteroatoms. The molecule has 0 aliphatic rings. The molecule has 0 amide bonds. The van der Waals surface area contributed by atoms with Gasteiger partial charge >= 0.3 is 0 Å². The first-order valence-corrected chi connectivity index (χ1v) is 5.34. The third kappa shape index (κ3) is 1.34. The predicted octanol–water partition coefficient (Wildman–Crippen LogP) is 4.26. The van der Waals surface area contributed by atoms with E-state index in [2.05, 4.69) is 0 Å². The standard InChI is InChI=1S/C10H8ClFS/c1-2-6-9(12)5-8(11)7-3-4-13-10(6)7/h3-5H,2H2,1H3. The summed E-state index contributed by atoms with van der Waals surface area (Å²) >= 11 is 7.44. The lowest BCUT2D eigenvalue weighted by Gasteiger charge is -2.02. The summed E-state index contributed by atoms with van der Waals surface area (Å²) in [4.78, 5) is 0. The largest absolute Gasteiger partial charge is 0.207 e. The van der Waals surface area contributed by atoms with Gasteiger partial charge in [0, 0.05) is 15.6 Å². The van der Waals surface area contributed by atoms with Crippen LogP contribution in [0.4, 0.5) is 4.39 Å². The van der Waals surface area contributed by atoms with Gasteiger partial charge in [-0.2, -0.15) is 0 Å². The third-order valence-electron chi connectivity index (χ3n) is 2.09. The van der Waals surface area contributed by atoms with Crippen LogP contribution in [-0.2, 0) is 6.42 Å². The van der Waals surface area contributed by atoms with Crippen LogP contribution in [0.1, 0.15) is 12.5 Å². The van der Waals surface area contributed by atoms with Gasteiger partial charge in [0.2, 0.25) is 0 Å². The van der Waals surface area contributed by atoms with E-state index in [0.717, 1.165) is 15.6 Å². The highest BCUT2D eigenvalue weighted by atomic mass is 35.5. The second-order valence-electron chi connectivity index (χ2n) is 2.84. The molecule has 0 saturated heterocycles. The molecule has 0 nitrogen and oxygen atoms in total. The van der Waals surface area contributed by atoms with Crippen LogP contribution in [0.25, 0.3) is 10.1 Å². The maximum absolute atomic E-state index is 13.4. The fraction of sp³-hybridized carbons (Fsp3) is 0.200. The zero-order valence-corrected chi connectivity index (χ0v) is 8.68. The zero-order chi connectivity index (χ0) is 9.42. The van der Waals surface area contributed by atoms with E-state index in [4.69, 9.17) is 11.6 Å². The van der Waals surface area contributed by atoms with Gasteiger partial charge in [-0.15, -0.1) is 11.3 Å². The average molecular weight is 215 g/mol. The van der Waals surface area contributed by atoms with Gasteiger partial charge in [0.1, 0.15) is 5.82 Å². The van der Waals surface area contributed by atoms with Gasteiger partial charge in [-0.1, -0.05) is 18.5 Å². The van der Waals surface area contributed by atoms with Gasteiger partial charge in [-0.05, 0) is 23.9 Å². The summed E-state index contributed by atoms with van der Waals surface area (Å²) in [5, 5.41) is 3.41. The summed E-state index contributed by atoms with van der Waals surface area (Å²) < 4.78 is 14.4. The van der Waals surface area contributed by atoms with Gasteiger partial charge in [-0.3, -0.25) is 0 Å². The van der Waals surface area contributed by atoms with Crippen molar-refractivity contribution in [3.05, 3.63) is 33.9 Å². The number of halogens is 2. The fourth-order valence-corrected chi connectivity index (χ4v) is 2.78. The first kappa shape index (κ1) is 8.97. The lowest BCUT2D eigenvalue weighted by Crippen LogP contribution is -1.87. The smallest absolute Gasteiger partial charge is 0.129 e. The van der Waals surface area contributed by atoms with Crippen LogP contribution in [0.3, 0.4) is 0 Å². The Morgan fingerprint density at radius 3 is 3.00 bits per heavy atom. The SMILES string of the molecule is CCc1c(F)cc(Cl)c2ccsc12. The molecule has 0 N–H and O–H groups in total. The number of rotatable bonds is 1. The normalized spacial score (nSPS) is 11.0. The van der Waals surface area contributed by atoms with E-state index >= 15 is 0 Å². The quantitative estimate of drug-likeness (QED) is 0.666. The zero-order valence-electron chi connectivity index (χ0n) is 7.10. The van der Waals surface area contributed by atoms with Crippen LogP contribution in [0, 0.1) is 5.82 Å². The molecule has 68 valence electrons. The minimum absolute atomic E-state index is 0.192. The van der Waals surface area contributed by atoms with Gasteiger partial charge in [0.25, 0.3) is 0 Å². The van der Waals surface area contributed by atoms with Crippen molar-refractivity contribution in [3.63, 3.8) is 0 Å². The summed E-state index contributed by atoms with van der Waals surface area (Å²) in [6, 6.07) is 3.33. The lowest BCUT2D eigenvalue weighted by atomic mass is 10.1. The Kier molecular flexibility index (Phi) is 2.26. The Hall–Kier alpha value is -0.600. The molecule has 0 unspecified atom stereocenters. The molecule has 2 rings (SSSR count). The molecular formula is C10H8ClFS. The predicted molar refractivity (Wildman–Crippen MR) is 56.2 cm³/mol. The molecule has 0 atom stereocenters. The monoisotopic (exact) mass is 214 g/mol. The van der Waals surface area contributed by atoms with Crippen LogP contribution in [0.15, 0.2) is 17.5 Å². The molecule has 1 aromatic carbocycles. The molecule has 0 spiro atoms. The van der Waals surface area contributed by atoms with Gasteiger partial charge in [0.15, 0.2) is 0 Å². The number of fused-ring (bicyclic) bond motifs is 1. The molecule has 13 heavy (non-hydrogen) atoms. The summed E-state index contributed by atoms with van der Waals surface area (Å²) in [5.41, 5.74) is 0.773. The van der Waals surface area contributed by atoms with Crippen LogP contribution in [0.5, 0.6) is 0 Å². The molecule has 0 aliphatic carbocycles. The minimum atomic E-state index is -0.192. The van der Waals surface area contributed by atoms with E-state index in [-0.39, 0.29) is 5.82 Å². The lowest BCUT2D eigenvalue weighted by molar-refractivity contribution is 0.615. The van der Waals surface area contributed by atoms with Crippen molar-refractivity contribution in [2.45, 2.75) is 13.3 Å². The fourth-order valence-electron chi connectivity index (χ4n) is 1.45. The van der Waals surface area contributed by atoms with Gasteiger partial charge in [-0.25, -0.2) is 4.39 Å². The summed E-state index contributed by atoms with van der Waals surface area (Å²) in [6.07, 6.45) is 0.708. The molecule has 0 bridgehead atoms. The Morgan fingerprint density at radius 2 is 2.31 bits per heavy atom. The molecule has 1 heterocycles. The van der Waals surface area contributed by atoms with E-state index in [0.29, 0.717) is 11.4 Å². The van der Waals surface area contributed by atoms with Crippen molar-refractivity contribution < 1.29 is 4.39 Å². The Balaban J connectivity index is 2.88. The minimum Gasteiger partial charge on any atom is -0.207 e. The Labute approximate surface area is 85.0 Å². The molecule has 0 aliphatic heterocycles. The van der Waals surface area contributed by atoms with Crippen LogP contribution < -0.4 is 0 Å². The topological polar surface area (TPSA) is 0 Å². The maximum atomic E-state index is 13.4. The van der Waals surface area contributed by atoms with Crippen molar-refractivity contribution >= 4 is 33.0 Å². The Bertz CT molecular complexity index is 447. The highest BCUT2D eigenvalue weighted by Gasteiger charge is 2.10. The van der Waals surface area contributed by atoms with Crippen molar-refractivity contribution in [3.8, 4) is 0 Å². The van der Waals surface area contributed by atoms with Crippen molar-refractivity contribution in [2.75, 3.05) is 0 Å². The summed E-state index contributed by atoms with van der Waals surface area (Å²) in [7, 11) is 0. The number of hydrogen-bond donors (Lipinski definition) is 0. The Morgan fingerprint density at radius 1 is 1.54 bits per heavy atom. The first-order valence-electron chi connectivity index (χ1n) is 4.08. The van der Waals surface area contributed by atoms with Gasteiger partial charge < -0.3 is 0 Å². The van der Waals surface area contributed by atoms with E-state index in [1.807, 2.05) is 18.4 Å². The van der Waals surface area contributed by atoms with E-state index in [9.17, 15) is 4.39 Å². The molecule has 1 aromatic heterocycles. The van der Waals surface area contributed by atoms with E-state index in [1.165, 1.54) is 6.07 Å². The average Bonchev–Trinajstić information content (AvgIpc) is 2.53. The highest BCUT2D eigenvalue weighted by molar-refractivity contribution is 7.17. The number of hydrogen-bond acceptors (Lipinski definition) is 1.